The van der Waals surface area contributed by atoms with Gasteiger partial charge in [-0.25, -0.2) is 4.79 Å². The largest absolute Gasteiger partial charge is 0.387 e. The summed E-state index contributed by atoms with van der Waals surface area (Å²) in [6.07, 6.45) is 1.90. The first kappa shape index (κ1) is 14.2. The molecule has 1 saturated heterocycles. The van der Waals surface area contributed by atoms with E-state index in [2.05, 4.69) is 11.9 Å². The monoisotopic (exact) mass is 271 g/mol. The molecular weight excluding hydrogens is 250 g/mol. The zero-order valence-electron chi connectivity index (χ0n) is 11.2. The second-order valence-corrected chi connectivity index (χ2v) is 4.61. The molecule has 2 N–H and O–H groups in total. The Morgan fingerprint density at radius 2 is 2.42 bits per heavy atom. The fourth-order valence-corrected chi connectivity index (χ4v) is 1.96. The van der Waals surface area contributed by atoms with Crippen LogP contribution >= 0.6 is 0 Å². The minimum atomic E-state index is -0.405. The van der Waals surface area contributed by atoms with Gasteiger partial charge in [-0.15, -0.1) is 0 Å². The van der Waals surface area contributed by atoms with E-state index < -0.39 is 6.29 Å². The van der Waals surface area contributed by atoms with Gasteiger partial charge in [-0.2, -0.15) is 4.99 Å². The summed E-state index contributed by atoms with van der Waals surface area (Å²) < 4.78 is 16.5. The zero-order valence-corrected chi connectivity index (χ0v) is 11.2. The first-order valence-corrected chi connectivity index (χ1v) is 6.69. The van der Waals surface area contributed by atoms with Gasteiger partial charge in [0, 0.05) is 19.6 Å². The summed E-state index contributed by atoms with van der Waals surface area (Å²) in [6, 6.07) is -0.357. The van der Waals surface area contributed by atoms with E-state index in [4.69, 9.17) is 19.9 Å². The van der Waals surface area contributed by atoms with Crippen molar-refractivity contribution in [3.05, 3.63) is 0 Å². The van der Waals surface area contributed by atoms with Crippen LogP contribution in [0.15, 0.2) is 4.99 Å². The molecule has 0 aromatic heterocycles. The number of aliphatic imine (C=N–C) groups is 1. The summed E-state index contributed by atoms with van der Waals surface area (Å²) in [5, 5.41) is 0. The molecule has 0 spiro atoms. The Balaban J connectivity index is 1.74. The third-order valence-corrected chi connectivity index (χ3v) is 3.07. The molecule has 0 unspecified atom stereocenters. The fourth-order valence-electron chi connectivity index (χ4n) is 1.96. The lowest BCUT2D eigenvalue weighted by molar-refractivity contribution is -0.120. The smallest absolute Gasteiger partial charge is 0.347 e. The van der Waals surface area contributed by atoms with E-state index in [-0.39, 0.29) is 12.3 Å². The molecule has 7 heteroatoms. The van der Waals surface area contributed by atoms with E-state index in [1.165, 1.54) is 0 Å². The van der Waals surface area contributed by atoms with Crippen LogP contribution in [0.25, 0.3) is 0 Å². The Hall–Kier alpha value is -1.18. The van der Waals surface area contributed by atoms with Crippen LogP contribution in [-0.4, -0.2) is 55.6 Å². The summed E-state index contributed by atoms with van der Waals surface area (Å²) in [7, 11) is 0. The second-order valence-electron chi connectivity index (χ2n) is 4.61. The highest BCUT2D eigenvalue weighted by Gasteiger charge is 2.34. The molecule has 0 aromatic rings. The Morgan fingerprint density at radius 1 is 1.58 bits per heavy atom. The lowest BCUT2D eigenvalue weighted by Crippen LogP contribution is -2.45. The van der Waals surface area contributed by atoms with Crippen LogP contribution in [0.4, 0.5) is 4.79 Å². The molecule has 2 aliphatic heterocycles. The van der Waals surface area contributed by atoms with Crippen molar-refractivity contribution in [1.29, 1.82) is 0 Å². The maximum atomic E-state index is 11.7. The number of hydrogen-bond donors (Lipinski definition) is 1. The topological polar surface area (TPSA) is 86.4 Å². The average molecular weight is 271 g/mol. The second kappa shape index (κ2) is 6.83. The molecule has 0 aliphatic carbocycles. The number of amides is 2. The van der Waals surface area contributed by atoms with Gasteiger partial charge in [-0.05, 0) is 6.42 Å². The number of carbonyl (C=O) groups is 1. The number of hydrogen-bond acceptors (Lipinski definition) is 5. The Labute approximate surface area is 112 Å². The molecule has 2 amide bonds. The Kier molecular flexibility index (Phi) is 5.12. The standard InChI is InChI=1S/C12H21N3O4/c1-2-3-6-17-8-11-18-7-10(19-11)15-5-4-9(13)14-12(15)16/h10-11H,2-8H2,1H3,(H2,13,14,16)/t10-,11-/m0/s1. The number of nitrogens with zero attached hydrogens (tertiary/aromatic N) is 2. The fraction of sp³-hybridized carbons (Fsp3) is 0.833. The van der Waals surface area contributed by atoms with Crippen LogP contribution in [-0.2, 0) is 14.2 Å². The van der Waals surface area contributed by atoms with Crippen LogP contribution in [0, 0.1) is 0 Å². The van der Waals surface area contributed by atoms with E-state index in [0.29, 0.717) is 38.6 Å². The van der Waals surface area contributed by atoms with Gasteiger partial charge in [0.25, 0.3) is 0 Å². The van der Waals surface area contributed by atoms with Crippen molar-refractivity contribution >= 4 is 11.9 Å². The average Bonchev–Trinajstić information content (AvgIpc) is 2.83. The Morgan fingerprint density at radius 3 is 3.16 bits per heavy atom. The minimum absolute atomic E-state index is 0.350. The van der Waals surface area contributed by atoms with Crippen molar-refractivity contribution < 1.29 is 19.0 Å². The number of amidine groups is 1. The van der Waals surface area contributed by atoms with Crippen LogP contribution in [0.2, 0.25) is 0 Å². The molecule has 2 atom stereocenters. The van der Waals surface area contributed by atoms with E-state index in [1.54, 1.807) is 4.90 Å². The molecule has 2 aliphatic rings. The molecule has 108 valence electrons. The first-order chi connectivity index (χ1) is 9.20. The molecule has 2 heterocycles. The van der Waals surface area contributed by atoms with Crippen molar-refractivity contribution in [2.45, 2.75) is 38.7 Å². The van der Waals surface area contributed by atoms with Crippen molar-refractivity contribution in [2.75, 3.05) is 26.4 Å². The van der Waals surface area contributed by atoms with Crippen molar-refractivity contribution in [2.24, 2.45) is 10.7 Å². The quantitative estimate of drug-likeness (QED) is 0.718. The number of nitrogens with two attached hydrogens (primary N) is 1. The zero-order chi connectivity index (χ0) is 13.7. The predicted octanol–water partition coefficient (Wildman–Crippen LogP) is 0.685. The molecule has 2 rings (SSSR count). The number of carbonyl (C=O) groups excluding carboxylic acids is 1. The first-order valence-electron chi connectivity index (χ1n) is 6.69. The molecule has 0 aromatic carbocycles. The van der Waals surface area contributed by atoms with Crippen molar-refractivity contribution in [3.63, 3.8) is 0 Å². The molecule has 1 fully saturated rings. The highest BCUT2D eigenvalue weighted by molar-refractivity contribution is 5.95. The number of rotatable bonds is 6. The predicted molar refractivity (Wildman–Crippen MR) is 68.7 cm³/mol. The van der Waals surface area contributed by atoms with Gasteiger partial charge < -0.3 is 19.9 Å². The van der Waals surface area contributed by atoms with E-state index >= 15 is 0 Å². The van der Waals surface area contributed by atoms with Gasteiger partial charge in [0.15, 0.2) is 12.5 Å². The summed E-state index contributed by atoms with van der Waals surface area (Å²) >= 11 is 0. The summed E-state index contributed by atoms with van der Waals surface area (Å²) in [6.45, 7) is 4.07. The molecular formula is C12H21N3O4. The SMILES string of the molecule is CCCCOC[C@H]1OC[C@@H](N2CCC(N)=NC2=O)O1. The van der Waals surface area contributed by atoms with Gasteiger partial charge in [0.2, 0.25) is 0 Å². The molecule has 0 saturated carbocycles. The maximum absolute atomic E-state index is 11.7. The van der Waals surface area contributed by atoms with Crippen LogP contribution in [0.5, 0.6) is 0 Å². The summed E-state index contributed by atoms with van der Waals surface area (Å²) in [5.41, 5.74) is 5.52. The van der Waals surface area contributed by atoms with E-state index in [0.717, 1.165) is 12.8 Å². The summed E-state index contributed by atoms with van der Waals surface area (Å²) in [5.74, 6) is 0.375. The minimum Gasteiger partial charge on any atom is -0.387 e. The van der Waals surface area contributed by atoms with Crippen LogP contribution < -0.4 is 5.73 Å². The third-order valence-electron chi connectivity index (χ3n) is 3.07. The van der Waals surface area contributed by atoms with Gasteiger partial charge in [-0.1, -0.05) is 13.3 Å². The van der Waals surface area contributed by atoms with E-state index in [9.17, 15) is 4.79 Å². The molecule has 7 nitrogen and oxygen atoms in total. The molecule has 0 bridgehead atoms. The number of urea groups is 1. The maximum Gasteiger partial charge on any atom is 0.347 e. The van der Waals surface area contributed by atoms with E-state index in [1.807, 2.05) is 0 Å². The third kappa shape index (κ3) is 3.89. The van der Waals surface area contributed by atoms with Crippen LogP contribution in [0.1, 0.15) is 26.2 Å². The molecule has 0 radical (unpaired) electrons. The van der Waals surface area contributed by atoms with Gasteiger partial charge in [-0.3, -0.25) is 4.90 Å². The highest BCUT2D eigenvalue weighted by atomic mass is 16.7. The normalized spacial score (nSPS) is 27.7. The van der Waals surface area contributed by atoms with Gasteiger partial charge >= 0.3 is 6.03 Å². The lowest BCUT2D eigenvalue weighted by atomic mass is 10.3. The summed E-state index contributed by atoms with van der Waals surface area (Å²) in [4.78, 5) is 17.0. The number of unbranched alkanes of at least 4 members (excludes halogenated alkanes) is 1. The highest BCUT2D eigenvalue weighted by Crippen LogP contribution is 2.18. The lowest BCUT2D eigenvalue weighted by Gasteiger charge is -2.28. The molecule has 19 heavy (non-hydrogen) atoms. The Bertz CT molecular complexity index is 348. The number of ether oxygens (including phenoxy) is 3. The van der Waals surface area contributed by atoms with Gasteiger partial charge in [0.05, 0.1) is 13.2 Å². The van der Waals surface area contributed by atoms with Gasteiger partial charge in [0.1, 0.15) is 5.84 Å². The van der Waals surface area contributed by atoms with Crippen molar-refractivity contribution in [1.82, 2.24) is 4.90 Å². The van der Waals surface area contributed by atoms with Crippen molar-refractivity contribution in [3.8, 4) is 0 Å². The van der Waals surface area contributed by atoms with Crippen LogP contribution in [0.3, 0.4) is 0 Å².